The first-order chi connectivity index (χ1) is 6.69. The van der Waals surface area contributed by atoms with Gasteiger partial charge in [-0.3, -0.25) is 4.79 Å². The van der Waals surface area contributed by atoms with Crippen LogP contribution in [0.25, 0.3) is 0 Å². The van der Waals surface area contributed by atoms with Gasteiger partial charge in [-0.05, 0) is 17.9 Å². The Labute approximate surface area is 91.6 Å². The summed E-state index contributed by atoms with van der Waals surface area (Å²) in [7, 11) is 0. The highest BCUT2D eigenvalue weighted by Gasteiger charge is 2.10. The third-order valence-electron chi connectivity index (χ3n) is 1.80. The summed E-state index contributed by atoms with van der Waals surface area (Å²) in [6.07, 6.45) is 1.87. The number of carbonyl (C=O) groups excluding carboxylic acids is 1. The van der Waals surface area contributed by atoms with Crippen LogP contribution in [0.15, 0.2) is 23.1 Å². The van der Waals surface area contributed by atoms with E-state index in [1.54, 1.807) is 24.5 Å². The third kappa shape index (κ3) is 2.72. The lowest BCUT2D eigenvalue weighted by Crippen LogP contribution is -2.05. The van der Waals surface area contributed by atoms with Crippen molar-refractivity contribution in [2.75, 3.05) is 12.1 Å². The van der Waals surface area contributed by atoms with E-state index in [1.165, 1.54) is 11.8 Å². The maximum Gasteiger partial charge on any atom is 0.152 e. The minimum Gasteiger partial charge on any atom is -0.298 e. The van der Waals surface area contributed by atoms with Gasteiger partial charge in [0.15, 0.2) is 5.78 Å². The largest absolute Gasteiger partial charge is 0.298 e. The van der Waals surface area contributed by atoms with Crippen LogP contribution < -0.4 is 0 Å². The molecule has 1 nitrogen and oxygen atoms in total. The number of Topliss-reactive ketones (excluding diaryl/α,β-unsaturated/α-hetero) is 1. The molecule has 0 saturated carbocycles. The van der Waals surface area contributed by atoms with Gasteiger partial charge in [0.1, 0.15) is 5.82 Å². The molecular formula is C10H10ClFOS. The second kappa shape index (κ2) is 5.37. The highest BCUT2D eigenvalue weighted by molar-refractivity contribution is 7.98. The average Bonchev–Trinajstić information content (AvgIpc) is 2.21. The molecule has 0 saturated heterocycles. The zero-order valence-electron chi connectivity index (χ0n) is 7.72. The maximum atomic E-state index is 13.6. The Bertz CT molecular complexity index is 341. The summed E-state index contributed by atoms with van der Waals surface area (Å²) >= 11 is 6.68. The molecule has 1 aromatic rings. The van der Waals surface area contributed by atoms with Gasteiger partial charge in [-0.1, -0.05) is 12.1 Å². The smallest absolute Gasteiger partial charge is 0.152 e. The number of ketones is 1. The summed E-state index contributed by atoms with van der Waals surface area (Å²) in [5.74, 6) is -0.537. The Kier molecular flexibility index (Phi) is 4.42. The number of thioether (sulfide) groups is 1. The summed E-state index contributed by atoms with van der Waals surface area (Å²) < 4.78 is 13.6. The van der Waals surface area contributed by atoms with Crippen molar-refractivity contribution in [2.45, 2.75) is 11.3 Å². The molecular weight excluding hydrogens is 223 g/mol. The summed E-state index contributed by atoms with van der Waals surface area (Å²) in [5.41, 5.74) is 0.419. The minimum atomic E-state index is -0.307. The number of alkyl halides is 1. The van der Waals surface area contributed by atoms with Crippen LogP contribution in [0, 0.1) is 5.82 Å². The van der Waals surface area contributed by atoms with E-state index in [2.05, 4.69) is 0 Å². The molecule has 0 heterocycles. The topological polar surface area (TPSA) is 17.1 Å². The Morgan fingerprint density at radius 2 is 2.29 bits per heavy atom. The molecule has 0 aromatic heterocycles. The van der Waals surface area contributed by atoms with Crippen molar-refractivity contribution in [3.8, 4) is 0 Å². The predicted octanol–water partition coefficient (Wildman–Crippen LogP) is 2.90. The van der Waals surface area contributed by atoms with Crippen LogP contribution in [-0.2, 0) is 11.2 Å². The van der Waals surface area contributed by atoms with Gasteiger partial charge in [-0.2, -0.15) is 0 Å². The Hall–Kier alpha value is -0.540. The molecule has 0 unspecified atom stereocenters. The molecule has 1 rings (SSSR count). The van der Waals surface area contributed by atoms with Gasteiger partial charge in [0.2, 0.25) is 0 Å². The molecule has 0 fully saturated rings. The van der Waals surface area contributed by atoms with Gasteiger partial charge in [0.05, 0.1) is 5.88 Å². The Balaban J connectivity index is 2.92. The molecule has 0 N–H and O–H groups in total. The fourth-order valence-corrected chi connectivity index (χ4v) is 1.73. The van der Waals surface area contributed by atoms with Crippen molar-refractivity contribution in [3.63, 3.8) is 0 Å². The lowest BCUT2D eigenvalue weighted by molar-refractivity contribution is -0.116. The highest BCUT2D eigenvalue weighted by atomic mass is 35.5. The number of carbonyl (C=O) groups is 1. The van der Waals surface area contributed by atoms with E-state index in [1.807, 2.05) is 0 Å². The van der Waals surface area contributed by atoms with E-state index in [0.29, 0.717) is 10.5 Å². The third-order valence-corrected chi connectivity index (χ3v) is 2.85. The van der Waals surface area contributed by atoms with E-state index >= 15 is 0 Å². The number of benzene rings is 1. The highest BCUT2D eigenvalue weighted by Crippen LogP contribution is 2.22. The van der Waals surface area contributed by atoms with Gasteiger partial charge >= 0.3 is 0 Å². The van der Waals surface area contributed by atoms with Crippen molar-refractivity contribution in [2.24, 2.45) is 0 Å². The molecule has 0 spiro atoms. The van der Waals surface area contributed by atoms with Crippen molar-refractivity contribution in [1.29, 1.82) is 0 Å². The van der Waals surface area contributed by atoms with Crippen LogP contribution in [-0.4, -0.2) is 17.9 Å². The van der Waals surface area contributed by atoms with Crippen LogP contribution in [0.3, 0.4) is 0 Å². The zero-order chi connectivity index (χ0) is 10.6. The SMILES string of the molecule is CSc1cccc(CC(=O)CCl)c1F. The molecule has 76 valence electrons. The second-order valence-electron chi connectivity index (χ2n) is 2.78. The maximum absolute atomic E-state index is 13.6. The van der Waals surface area contributed by atoms with Crippen LogP contribution in [0.4, 0.5) is 4.39 Å². The molecule has 14 heavy (non-hydrogen) atoms. The average molecular weight is 233 g/mol. The summed E-state index contributed by atoms with van der Waals surface area (Å²) in [5, 5.41) is 0. The zero-order valence-corrected chi connectivity index (χ0v) is 9.29. The lowest BCUT2D eigenvalue weighted by Gasteiger charge is -2.04. The molecule has 0 aliphatic carbocycles. The van der Waals surface area contributed by atoms with Gasteiger partial charge < -0.3 is 0 Å². The molecule has 0 radical (unpaired) electrons. The van der Waals surface area contributed by atoms with Crippen molar-refractivity contribution in [3.05, 3.63) is 29.6 Å². The minimum absolute atomic E-state index is 0.0665. The Morgan fingerprint density at radius 1 is 1.57 bits per heavy atom. The van der Waals surface area contributed by atoms with Gasteiger partial charge in [0.25, 0.3) is 0 Å². The van der Waals surface area contributed by atoms with Crippen LogP contribution in [0.1, 0.15) is 5.56 Å². The van der Waals surface area contributed by atoms with Crippen LogP contribution in [0.2, 0.25) is 0 Å². The van der Waals surface area contributed by atoms with E-state index in [-0.39, 0.29) is 23.9 Å². The van der Waals surface area contributed by atoms with E-state index in [4.69, 9.17) is 11.6 Å². The molecule has 0 amide bonds. The standard InChI is InChI=1S/C10H10ClFOS/c1-14-9-4-2-3-7(10(9)12)5-8(13)6-11/h2-4H,5-6H2,1H3. The van der Waals surface area contributed by atoms with Crippen LogP contribution >= 0.6 is 23.4 Å². The van der Waals surface area contributed by atoms with Crippen LogP contribution in [0.5, 0.6) is 0 Å². The lowest BCUT2D eigenvalue weighted by atomic mass is 10.1. The number of halogens is 2. The first-order valence-electron chi connectivity index (χ1n) is 4.08. The molecule has 0 bridgehead atoms. The quantitative estimate of drug-likeness (QED) is 0.587. The fourth-order valence-electron chi connectivity index (χ4n) is 1.11. The van der Waals surface area contributed by atoms with E-state index in [9.17, 15) is 9.18 Å². The normalized spacial score (nSPS) is 10.2. The van der Waals surface area contributed by atoms with Crippen molar-refractivity contribution in [1.82, 2.24) is 0 Å². The van der Waals surface area contributed by atoms with E-state index in [0.717, 1.165) is 0 Å². The van der Waals surface area contributed by atoms with Gasteiger partial charge in [0, 0.05) is 11.3 Å². The first kappa shape index (κ1) is 11.5. The predicted molar refractivity (Wildman–Crippen MR) is 57.6 cm³/mol. The Morgan fingerprint density at radius 3 is 2.86 bits per heavy atom. The molecule has 0 aliphatic heterocycles. The van der Waals surface area contributed by atoms with E-state index < -0.39 is 0 Å². The number of hydrogen-bond donors (Lipinski definition) is 0. The number of rotatable bonds is 4. The molecule has 0 aliphatic rings. The van der Waals surface area contributed by atoms with Gasteiger partial charge in [-0.25, -0.2) is 4.39 Å². The van der Waals surface area contributed by atoms with Gasteiger partial charge in [-0.15, -0.1) is 23.4 Å². The molecule has 1 aromatic carbocycles. The number of hydrogen-bond acceptors (Lipinski definition) is 2. The summed E-state index contributed by atoms with van der Waals surface area (Å²) in [6.45, 7) is 0. The summed E-state index contributed by atoms with van der Waals surface area (Å²) in [4.78, 5) is 11.6. The van der Waals surface area contributed by atoms with Crippen molar-refractivity contribution >= 4 is 29.1 Å². The summed E-state index contributed by atoms with van der Waals surface area (Å²) in [6, 6.07) is 5.04. The fraction of sp³-hybridized carbons (Fsp3) is 0.300. The molecule has 4 heteroatoms. The second-order valence-corrected chi connectivity index (χ2v) is 3.90. The molecule has 0 atom stereocenters. The monoisotopic (exact) mass is 232 g/mol. The first-order valence-corrected chi connectivity index (χ1v) is 5.84. The van der Waals surface area contributed by atoms with Crippen molar-refractivity contribution < 1.29 is 9.18 Å².